The van der Waals surface area contributed by atoms with Crippen LogP contribution in [0.1, 0.15) is 59.4 Å². The molecule has 15 heteroatoms. The minimum Gasteiger partial charge on any atom is -0.474 e. The van der Waals surface area contributed by atoms with E-state index in [0.29, 0.717) is 35.0 Å². The van der Waals surface area contributed by atoms with Crippen LogP contribution in [0.5, 0.6) is 5.88 Å². The Morgan fingerprint density at radius 3 is 2.49 bits per heavy atom. The first kappa shape index (κ1) is 34.8. The lowest BCUT2D eigenvalue weighted by Gasteiger charge is -2.37. The SMILES string of the molecule is CC(C)N(CCOc1ncc(-c2cc3c4c(cnc3cc2F)N(C)C(=O)C42CCC2)cc1NS(=O)(=O)N1CCOCC1)C(=O)OC(C)(C)C. The molecule has 1 saturated heterocycles. The van der Waals surface area contributed by atoms with E-state index in [-0.39, 0.29) is 68.5 Å². The second-order valence-electron chi connectivity index (χ2n) is 14.0. The molecule has 1 N–H and O–H groups in total. The van der Waals surface area contributed by atoms with E-state index in [4.69, 9.17) is 14.2 Å². The Bertz CT molecular complexity index is 1890. The van der Waals surface area contributed by atoms with E-state index in [9.17, 15) is 18.0 Å². The number of benzene rings is 1. The van der Waals surface area contributed by atoms with Gasteiger partial charge in [0.05, 0.1) is 42.6 Å². The van der Waals surface area contributed by atoms with Crippen LogP contribution in [0.15, 0.2) is 30.6 Å². The second kappa shape index (κ2) is 13.0. The van der Waals surface area contributed by atoms with Crippen LogP contribution in [0.3, 0.4) is 0 Å². The Kier molecular flexibility index (Phi) is 9.22. The maximum Gasteiger partial charge on any atom is 0.410 e. The predicted molar refractivity (Wildman–Crippen MR) is 182 cm³/mol. The molecular weight excluding hydrogens is 655 g/mol. The number of anilines is 2. The van der Waals surface area contributed by atoms with Crippen LogP contribution < -0.4 is 14.4 Å². The van der Waals surface area contributed by atoms with E-state index >= 15 is 4.39 Å². The number of pyridine rings is 2. The number of rotatable bonds is 9. The largest absolute Gasteiger partial charge is 0.474 e. The van der Waals surface area contributed by atoms with Gasteiger partial charge in [0.2, 0.25) is 11.8 Å². The number of nitrogens with zero attached hydrogens (tertiary/aromatic N) is 5. The zero-order chi connectivity index (χ0) is 35.3. The number of amides is 2. The maximum atomic E-state index is 15.8. The fraction of sp³-hybridized carbons (Fsp3) is 0.529. The highest BCUT2D eigenvalue weighted by atomic mass is 32.2. The number of fused-ring (bicyclic) bond motifs is 4. The average molecular weight is 699 g/mol. The number of morpholine rings is 1. The number of ether oxygens (including phenoxy) is 3. The molecule has 2 amide bonds. The quantitative estimate of drug-likeness (QED) is 0.332. The Balaban J connectivity index is 1.36. The fourth-order valence-electron chi connectivity index (χ4n) is 6.61. The summed E-state index contributed by atoms with van der Waals surface area (Å²) in [6, 6.07) is 4.28. The van der Waals surface area contributed by atoms with Crippen LogP contribution in [0, 0.1) is 5.82 Å². The molecule has 1 aromatic carbocycles. The van der Waals surface area contributed by atoms with Crippen molar-refractivity contribution in [1.29, 1.82) is 0 Å². The van der Waals surface area contributed by atoms with Gasteiger partial charge < -0.3 is 24.0 Å². The summed E-state index contributed by atoms with van der Waals surface area (Å²) >= 11 is 0. The molecular formula is C34H43FN6O7S. The molecule has 13 nitrogen and oxygen atoms in total. The monoisotopic (exact) mass is 698 g/mol. The van der Waals surface area contributed by atoms with E-state index in [1.165, 1.54) is 27.5 Å². The molecule has 49 heavy (non-hydrogen) atoms. The lowest BCUT2D eigenvalue weighted by Crippen LogP contribution is -2.43. The van der Waals surface area contributed by atoms with Crippen molar-refractivity contribution in [2.45, 2.75) is 70.9 Å². The van der Waals surface area contributed by atoms with E-state index in [0.717, 1.165) is 12.0 Å². The molecule has 0 atom stereocenters. The third-order valence-electron chi connectivity index (χ3n) is 9.23. The van der Waals surface area contributed by atoms with Crippen molar-refractivity contribution >= 4 is 44.5 Å². The molecule has 4 heterocycles. The summed E-state index contributed by atoms with van der Waals surface area (Å²) in [5, 5.41) is 0.665. The number of aromatic nitrogens is 2. The standard InChI is InChI=1S/C34H43FN6O7S/c1-21(2)41(32(43)48-33(3,4)5)12-15-47-30-27(38-49(44,45)40-10-13-46-14-11-40)16-22(19-37-30)23-17-24-26(18-25(23)35)36-20-28-29(24)34(8-7-9-34)31(42)39(28)6/h16-21,38H,7-15H2,1-6H3. The minimum absolute atomic E-state index is 0.00126. The van der Waals surface area contributed by atoms with Crippen LogP contribution >= 0.6 is 0 Å². The van der Waals surface area contributed by atoms with Gasteiger partial charge >= 0.3 is 16.3 Å². The molecule has 0 unspecified atom stereocenters. The van der Waals surface area contributed by atoms with Crippen molar-refractivity contribution in [3.63, 3.8) is 0 Å². The average Bonchev–Trinajstić information content (AvgIpc) is 3.25. The predicted octanol–water partition coefficient (Wildman–Crippen LogP) is 4.85. The summed E-state index contributed by atoms with van der Waals surface area (Å²) in [5.74, 6) is -0.611. The number of carbonyl (C=O) groups excluding carboxylic acids is 2. The van der Waals surface area contributed by atoms with Crippen molar-refractivity contribution in [2.24, 2.45) is 0 Å². The van der Waals surface area contributed by atoms with Crippen LogP contribution in [0.2, 0.25) is 0 Å². The second-order valence-corrected chi connectivity index (χ2v) is 15.6. The normalized spacial score (nSPS) is 17.7. The van der Waals surface area contributed by atoms with Crippen LogP contribution in [-0.4, -0.2) is 97.7 Å². The van der Waals surface area contributed by atoms with Gasteiger partial charge in [-0.05, 0) is 59.6 Å². The summed E-state index contributed by atoms with van der Waals surface area (Å²) in [5.41, 5.74) is 1.09. The summed E-state index contributed by atoms with van der Waals surface area (Å²) in [6.45, 7) is 9.97. The summed E-state index contributed by atoms with van der Waals surface area (Å²) in [6.07, 6.45) is 4.86. The Hall–Kier alpha value is -4.08. The first-order valence-electron chi connectivity index (χ1n) is 16.5. The highest BCUT2D eigenvalue weighted by molar-refractivity contribution is 7.90. The zero-order valence-electron chi connectivity index (χ0n) is 28.7. The topological polar surface area (TPSA) is 143 Å². The number of hydrogen-bond donors (Lipinski definition) is 1. The van der Waals surface area contributed by atoms with Crippen LogP contribution in [0.4, 0.5) is 20.6 Å². The molecule has 0 radical (unpaired) electrons. The zero-order valence-corrected chi connectivity index (χ0v) is 29.5. The van der Waals surface area contributed by atoms with Crippen molar-refractivity contribution in [3.05, 3.63) is 42.0 Å². The van der Waals surface area contributed by atoms with Gasteiger partial charge in [0.25, 0.3) is 0 Å². The molecule has 3 aliphatic rings. The van der Waals surface area contributed by atoms with Crippen molar-refractivity contribution in [1.82, 2.24) is 19.2 Å². The Labute approximate surface area is 285 Å². The third kappa shape index (κ3) is 6.63. The van der Waals surface area contributed by atoms with Gasteiger partial charge in [-0.2, -0.15) is 12.7 Å². The van der Waals surface area contributed by atoms with Gasteiger partial charge in [-0.3, -0.25) is 14.5 Å². The first-order valence-corrected chi connectivity index (χ1v) is 17.9. The van der Waals surface area contributed by atoms with E-state index in [2.05, 4.69) is 14.7 Å². The van der Waals surface area contributed by atoms with Crippen molar-refractivity contribution < 1.29 is 36.6 Å². The first-order chi connectivity index (χ1) is 23.1. The van der Waals surface area contributed by atoms with Gasteiger partial charge in [0, 0.05) is 60.5 Å². The molecule has 1 aliphatic carbocycles. The molecule has 2 aliphatic heterocycles. The Morgan fingerprint density at radius 2 is 1.86 bits per heavy atom. The molecule has 1 spiro atoms. The molecule has 1 saturated carbocycles. The Morgan fingerprint density at radius 1 is 1.14 bits per heavy atom. The molecule has 6 rings (SSSR count). The molecule has 3 aromatic rings. The van der Waals surface area contributed by atoms with Gasteiger partial charge in [0.15, 0.2) is 0 Å². The maximum absolute atomic E-state index is 15.8. The summed E-state index contributed by atoms with van der Waals surface area (Å²) in [7, 11) is -2.34. The third-order valence-corrected chi connectivity index (χ3v) is 10.8. The fourth-order valence-corrected chi connectivity index (χ4v) is 7.80. The van der Waals surface area contributed by atoms with E-state index < -0.39 is 33.1 Å². The van der Waals surface area contributed by atoms with Crippen LogP contribution in [-0.2, 0) is 29.9 Å². The smallest absolute Gasteiger partial charge is 0.410 e. The highest BCUT2D eigenvalue weighted by Gasteiger charge is 2.54. The number of hydrogen-bond acceptors (Lipinski definition) is 9. The summed E-state index contributed by atoms with van der Waals surface area (Å²) < 4.78 is 63.5. The number of halogens is 1. The summed E-state index contributed by atoms with van der Waals surface area (Å²) in [4.78, 5) is 38.2. The van der Waals surface area contributed by atoms with Crippen LogP contribution in [0.25, 0.3) is 22.0 Å². The van der Waals surface area contributed by atoms with Gasteiger partial charge in [-0.1, -0.05) is 6.42 Å². The molecule has 264 valence electrons. The lowest BCUT2D eigenvalue weighted by atomic mass is 9.64. The van der Waals surface area contributed by atoms with Gasteiger partial charge in [-0.15, -0.1) is 0 Å². The molecule has 2 fully saturated rings. The van der Waals surface area contributed by atoms with E-state index in [1.54, 1.807) is 45.0 Å². The van der Waals surface area contributed by atoms with Gasteiger partial charge in [-0.25, -0.2) is 14.2 Å². The molecule has 2 aromatic heterocycles. The van der Waals surface area contributed by atoms with Gasteiger partial charge in [0.1, 0.15) is 23.7 Å². The lowest BCUT2D eigenvalue weighted by molar-refractivity contribution is -0.125. The van der Waals surface area contributed by atoms with Crippen molar-refractivity contribution in [2.75, 3.05) is 56.1 Å². The number of likely N-dealkylation sites (N-methyl/N-ethyl adjacent to an activating group) is 1. The highest BCUT2D eigenvalue weighted by Crippen LogP contribution is 2.55. The van der Waals surface area contributed by atoms with E-state index in [1.807, 2.05) is 13.8 Å². The molecule has 0 bridgehead atoms. The number of carbonyl (C=O) groups is 2. The minimum atomic E-state index is -4.07. The van der Waals surface area contributed by atoms with Crippen molar-refractivity contribution in [3.8, 4) is 17.0 Å². The number of nitrogens with one attached hydrogen (secondary N) is 1.